The van der Waals surface area contributed by atoms with E-state index >= 15 is 0 Å². The molecule has 28 heavy (non-hydrogen) atoms. The predicted molar refractivity (Wildman–Crippen MR) is 130 cm³/mol. The second-order valence-electron chi connectivity index (χ2n) is 10.9. The van der Waals surface area contributed by atoms with Crippen LogP contribution < -0.4 is 0 Å². The number of hydrogen-bond donors (Lipinski definition) is 0. The highest BCUT2D eigenvalue weighted by molar-refractivity contribution is 7.09. The molecule has 0 saturated carbocycles. The molecule has 0 bridgehead atoms. The first-order chi connectivity index (χ1) is 12.5. The van der Waals surface area contributed by atoms with Crippen LogP contribution in [0.4, 0.5) is 0 Å². The van der Waals surface area contributed by atoms with Crippen molar-refractivity contribution < 1.29 is 8.85 Å². The molecule has 0 N–H and O–H groups in total. The molecule has 0 spiro atoms. The summed E-state index contributed by atoms with van der Waals surface area (Å²) in [5, 5.41) is 3.63. The highest BCUT2D eigenvalue weighted by atomic mass is 32.1. The lowest BCUT2D eigenvalue weighted by Gasteiger charge is -2.40. The number of hydrogen-bond acceptors (Lipinski definition) is 4. The summed E-state index contributed by atoms with van der Waals surface area (Å²) in [5.41, 5.74) is 2.28. The molecule has 0 amide bonds. The summed E-state index contributed by atoms with van der Waals surface area (Å²) in [6, 6.07) is 0. The third-order valence-electron chi connectivity index (χ3n) is 6.41. The molecule has 6 heteroatoms. The zero-order valence-corrected chi connectivity index (χ0v) is 23.1. The van der Waals surface area contributed by atoms with Crippen LogP contribution in [0.15, 0.2) is 11.0 Å². The second kappa shape index (κ2) is 9.25. The quantitative estimate of drug-likeness (QED) is 0.388. The molecule has 0 aliphatic rings. The molecule has 0 aliphatic heterocycles. The summed E-state index contributed by atoms with van der Waals surface area (Å²) >= 11 is 1.69. The highest BCUT2D eigenvalue weighted by Crippen LogP contribution is 2.39. The van der Waals surface area contributed by atoms with Gasteiger partial charge in [-0.25, -0.2) is 4.98 Å². The van der Waals surface area contributed by atoms with Gasteiger partial charge in [-0.3, -0.25) is 0 Å². The predicted octanol–water partition coefficient (Wildman–Crippen LogP) is 7.66. The minimum atomic E-state index is -1.88. The van der Waals surface area contributed by atoms with Gasteiger partial charge in [0.1, 0.15) is 0 Å². The van der Waals surface area contributed by atoms with Gasteiger partial charge >= 0.3 is 0 Å². The van der Waals surface area contributed by atoms with E-state index in [0.29, 0.717) is 0 Å². The third kappa shape index (κ3) is 7.20. The van der Waals surface area contributed by atoms with Crippen molar-refractivity contribution in [3.8, 4) is 0 Å². The molecule has 0 aliphatic carbocycles. The number of aryl methyl sites for hydroxylation is 1. The largest absolute Gasteiger partial charge is 0.417 e. The Labute approximate surface area is 180 Å². The van der Waals surface area contributed by atoms with Gasteiger partial charge in [0.05, 0.1) is 16.8 Å². The van der Waals surface area contributed by atoms with E-state index in [9.17, 15) is 0 Å². The third-order valence-corrected chi connectivity index (χ3v) is 16.2. The van der Waals surface area contributed by atoms with Crippen molar-refractivity contribution >= 4 is 34.0 Å². The van der Waals surface area contributed by atoms with Gasteiger partial charge in [0.15, 0.2) is 16.6 Å². The van der Waals surface area contributed by atoms with Crippen LogP contribution in [0.2, 0.25) is 36.3 Å². The monoisotopic (exact) mass is 441 g/mol. The molecule has 0 fully saturated rings. The molecule has 1 atom stereocenters. The smallest absolute Gasteiger partial charge is 0.192 e. The minimum Gasteiger partial charge on any atom is -0.417 e. The molecule has 1 aromatic rings. The van der Waals surface area contributed by atoms with Gasteiger partial charge in [-0.2, -0.15) is 0 Å². The number of nitrogens with zero attached hydrogens (tertiary/aromatic N) is 1. The Balaban J connectivity index is 3.00. The van der Waals surface area contributed by atoms with Crippen molar-refractivity contribution in [3.63, 3.8) is 0 Å². The Hall–Kier alpha value is -0.276. The van der Waals surface area contributed by atoms with E-state index < -0.39 is 16.6 Å². The molecule has 0 saturated heterocycles. The van der Waals surface area contributed by atoms with Crippen molar-refractivity contribution in [2.75, 3.05) is 6.61 Å². The Morgan fingerprint density at radius 1 is 1.07 bits per heavy atom. The van der Waals surface area contributed by atoms with E-state index in [2.05, 4.69) is 91.1 Å². The van der Waals surface area contributed by atoms with Gasteiger partial charge in [-0.15, -0.1) is 11.3 Å². The zero-order valence-electron chi connectivity index (χ0n) is 20.3. The van der Waals surface area contributed by atoms with Gasteiger partial charge < -0.3 is 8.85 Å². The lowest BCUT2D eigenvalue weighted by molar-refractivity contribution is 0.168. The average molecular weight is 442 g/mol. The summed E-state index contributed by atoms with van der Waals surface area (Å²) in [4.78, 5) is 4.60. The van der Waals surface area contributed by atoms with E-state index in [0.717, 1.165) is 23.7 Å². The maximum absolute atomic E-state index is 6.83. The van der Waals surface area contributed by atoms with Crippen LogP contribution in [0.25, 0.3) is 6.08 Å². The molecule has 1 rings (SSSR count). The topological polar surface area (TPSA) is 31.4 Å². The van der Waals surface area contributed by atoms with E-state index in [1.54, 1.807) is 11.3 Å². The number of rotatable bonds is 8. The van der Waals surface area contributed by atoms with E-state index in [-0.39, 0.29) is 16.2 Å². The Morgan fingerprint density at radius 2 is 1.61 bits per heavy atom. The van der Waals surface area contributed by atoms with Crippen molar-refractivity contribution in [2.45, 2.75) is 104 Å². The summed E-state index contributed by atoms with van der Waals surface area (Å²) in [6.45, 7) is 28.0. The molecule has 0 radical (unpaired) electrons. The van der Waals surface area contributed by atoms with Crippen LogP contribution in [0.3, 0.4) is 0 Å². The van der Waals surface area contributed by atoms with Crippen LogP contribution >= 0.6 is 11.3 Å². The normalized spacial score (nSPS) is 15.8. The molecule has 162 valence electrons. The van der Waals surface area contributed by atoms with Crippen molar-refractivity contribution in [3.05, 3.63) is 21.7 Å². The Kier molecular flexibility index (Phi) is 8.51. The van der Waals surface area contributed by atoms with Crippen LogP contribution in [0, 0.1) is 6.92 Å². The highest BCUT2D eigenvalue weighted by Gasteiger charge is 2.40. The summed E-state index contributed by atoms with van der Waals surface area (Å²) < 4.78 is 13.3. The first-order valence-corrected chi connectivity index (χ1v) is 17.1. The van der Waals surface area contributed by atoms with E-state index in [1.165, 1.54) is 5.57 Å². The van der Waals surface area contributed by atoms with E-state index in [4.69, 9.17) is 8.85 Å². The summed E-state index contributed by atoms with van der Waals surface area (Å²) in [7, 11) is -3.63. The fraction of sp³-hybridized carbons (Fsp3) is 0.773. The van der Waals surface area contributed by atoms with Crippen LogP contribution in [0.5, 0.6) is 0 Å². The lowest BCUT2D eigenvalue weighted by Crippen LogP contribution is -2.45. The minimum absolute atomic E-state index is 0.0765. The van der Waals surface area contributed by atoms with Crippen molar-refractivity contribution in [2.24, 2.45) is 0 Å². The molecular formula is C22H43NO2SSi2. The van der Waals surface area contributed by atoms with Crippen LogP contribution in [0.1, 0.15) is 65.6 Å². The van der Waals surface area contributed by atoms with E-state index in [1.807, 2.05) is 6.92 Å². The molecule has 1 heterocycles. The van der Waals surface area contributed by atoms with Gasteiger partial charge in [0, 0.05) is 12.0 Å². The van der Waals surface area contributed by atoms with Crippen LogP contribution in [-0.2, 0) is 8.85 Å². The summed E-state index contributed by atoms with van der Waals surface area (Å²) in [6.07, 6.45) is 3.16. The van der Waals surface area contributed by atoms with Crippen LogP contribution in [-0.4, -0.2) is 34.3 Å². The number of thiazole rings is 1. The molecular weight excluding hydrogens is 398 g/mol. The average Bonchev–Trinajstić information content (AvgIpc) is 2.88. The fourth-order valence-corrected chi connectivity index (χ4v) is 5.32. The maximum Gasteiger partial charge on any atom is 0.192 e. The zero-order chi connectivity index (χ0) is 22.0. The molecule has 1 aromatic heterocycles. The molecule has 1 unspecified atom stereocenters. The SMILES string of the molecule is C/C(=C\c1csc(C)n1)C(CCO[Si](C)(C)C(C)(C)C)O[Si](C)(C)C(C)(C)C. The standard InChI is InChI=1S/C22H43NO2SSi2/c1-17(15-19-16-26-18(2)23-19)20(25-28(11,12)22(6,7)8)13-14-24-27(9,10)21(3,4)5/h15-16,20H,13-14H2,1-12H3/b17-15+. The van der Waals surface area contributed by atoms with Crippen molar-refractivity contribution in [1.29, 1.82) is 0 Å². The second-order valence-corrected chi connectivity index (χ2v) is 21.6. The van der Waals surface area contributed by atoms with Gasteiger partial charge in [-0.1, -0.05) is 41.5 Å². The Bertz CT molecular complexity index is 667. The summed E-state index contributed by atoms with van der Waals surface area (Å²) in [5.74, 6) is 0. The van der Waals surface area contributed by atoms with Gasteiger partial charge in [0.2, 0.25) is 0 Å². The molecule has 0 aromatic carbocycles. The first-order valence-electron chi connectivity index (χ1n) is 10.4. The van der Waals surface area contributed by atoms with Gasteiger partial charge in [-0.05, 0) is 68.2 Å². The number of aromatic nitrogens is 1. The van der Waals surface area contributed by atoms with Gasteiger partial charge in [0.25, 0.3) is 0 Å². The van der Waals surface area contributed by atoms with Crippen molar-refractivity contribution in [1.82, 2.24) is 4.98 Å². The maximum atomic E-state index is 6.83. The lowest BCUT2D eigenvalue weighted by atomic mass is 10.1. The first kappa shape index (κ1) is 25.8. The Morgan fingerprint density at radius 3 is 2.04 bits per heavy atom. The molecule has 3 nitrogen and oxygen atoms in total. The fourth-order valence-electron chi connectivity index (χ4n) is 2.32.